The molecule has 0 spiro atoms. The number of pyridine rings is 1. The third-order valence-electron chi connectivity index (χ3n) is 4.56. The van der Waals surface area contributed by atoms with Gasteiger partial charge in [0.05, 0.1) is 23.2 Å². The molecule has 0 amide bonds. The van der Waals surface area contributed by atoms with E-state index in [1.54, 1.807) is 49.9 Å². The summed E-state index contributed by atoms with van der Waals surface area (Å²) in [7, 11) is -3.31. The number of ether oxygens (including phenoxy) is 1. The fourth-order valence-corrected chi connectivity index (χ4v) is 3.88. The molecule has 0 saturated carbocycles. The summed E-state index contributed by atoms with van der Waals surface area (Å²) in [4.78, 5) is 8.92. The molecular weight excluding hydrogens is 390 g/mol. The molecule has 3 aromatic heterocycles. The van der Waals surface area contributed by atoms with Crippen LogP contribution in [-0.2, 0) is 16.4 Å². The molecule has 9 heteroatoms. The van der Waals surface area contributed by atoms with Crippen LogP contribution in [0.2, 0.25) is 0 Å². The first-order chi connectivity index (χ1) is 14.0. The number of rotatable bonds is 6. The monoisotopic (exact) mass is 409 g/mol. The standard InChI is InChI=1S/C20H19N5O3S/c1-3-25-13-22-19-17(12-23-24-20(19)25)14-8-9-21-18(10-14)28-15-6-5-7-16(11-15)29(26,27)4-2/h5-13H,3-4H2,1-2H3. The van der Waals surface area contributed by atoms with Crippen LogP contribution in [0.4, 0.5) is 0 Å². The molecule has 8 nitrogen and oxygen atoms in total. The molecule has 3 heterocycles. The molecule has 0 saturated heterocycles. The predicted molar refractivity (Wildman–Crippen MR) is 108 cm³/mol. The predicted octanol–water partition coefficient (Wildman–Crippen LogP) is 3.49. The summed E-state index contributed by atoms with van der Waals surface area (Å²) in [5.41, 5.74) is 3.10. The maximum atomic E-state index is 12.1. The largest absolute Gasteiger partial charge is 0.439 e. The van der Waals surface area contributed by atoms with Crippen molar-refractivity contribution < 1.29 is 13.2 Å². The third kappa shape index (κ3) is 3.68. The van der Waals surface area contributed by atoms with Crippen molar-refractivity contribution in [2.45, 2.75) is 25.3 Å². The van der Waals surface area contributed by atoms with Gasteiger partial charge in [0.1, 0.15) is 11.3 Å². The summed E-state index contributed by atoms with van der Waals surface area (Å²) in [6.45, 7) is 4.37. The van der Waals surface area contributed by atoms with Gasteiger partial charge in [-0.1, -0.05) is 13.0 Å². The van der Waals surface area contributed by atoms with E-state index in [4.69, 9.17) is 4.74 Å². The van der Waals surface area contributed by atoms with Gasteiger partial charge in [-0.15, -0.1) is 5.10 Å². The fraction of sp³-hybridized carbons (Fsp3) is 0.200. The van der Waals surface area contributed by atoms with Crippen LogP contribution < -0.4 is 4.74 Å². The van der Waals surface area contributed by atoms with Crippen molar-refractivity contribution in [2.24, 2.45) is 0 Å². The highest BCUT2D eigenvalue weighted by molar-refractivity contribution is 7.91. The van der Waals surface area contributed by atoms with Crippen molar-refractivity contribution in [3.05, 3.63) is 55.1 Å². The summed E-state index contributed by atoms with van der Waals surface area (Å²) in [5.74, 6) is 0.769. The van der Waals surface area contributed by atoms with Crippen LogP contribution in [0, 0.1) is 0 Å². The van der Waals surface area contributed by atoms with E-state index in [0.717, 1.165) is 23.2 Å². The Balaban J connectivity index is 1.69. The number of aryl methyl sites for hydroxylation is 1. The number of hydrogen-bond acceptors (Lipinski definition) is 7. The Morgan fingerprint density at radius 1 is 1.10 bits per heavy atom. The van der Waals surface area contributed by atoms with E-state index in [-0.39, 0.29) is 10.6 Å². The second-order valence-electron chi connectivity index (χ2n) is 6.32. The summed E-state index contributed by atoms with van der Waals surface area (Å²) in [5, 5.41) is 8.27. The lowest BCUT2D eigenvalue weighted by Crippen LogP contribution is -2.03. The van der Waals surface area contributed by atoms with Crippen LogP contribution >= 0.6 is 0 Å². The van der Waals surface area contributed by atoms with Crippen molar-refractivity contribution in [3.63, 3.8) is 0 Å². The van der Waals surface area contributed by atoms with Crippen molar-refractivity contribution in [3.8, 4) is 22.8 Å². The van der Waals surface area contributed by atoms with E-state index in [0.29, 0.717) is 17.3 Å². The molecule has 0 unspecified atom stereocenters. The molecule has 4 aromatic rings. The highest BCUT2D eigenvalue weighted by Gasteiger charge is 2.14. The topological polar surface area (TPSA) is 99.9 Å². The van der Waals surface area contributed by atoms with Gasteiger partial charge in [-0.25, -0.2) is 18.4 Å². The third-order valence-corrected chi connectivity index (χ3v) is 6.29. The summed E-state index contributed by atoms with van der Waals surface area (Å²) >= 11 is 0. The minimum Gasteiger partial charge on any atom is -0.439 e. The first kappa shape index (κ1) is 19.0. The van der Waals surface area contributed by atoms with Gasteiger partial charge in [-0.2, -0.15) is 5.10 Å². The zero-order valence-electron chi connectivity index (χ0n) is 16.0. The summed E-state index contributed by atoms with van der Waals surface area (Å²) in [6.07, 6.45) is 5.02. The Morgan fingerprint density at radius 2 is 1.97 bits per heavy atom. The van der Waals surface area contributed by atoms with Crippen LogP contribution in [0.15, 0.2) is 60.0 Å². The number of imidazole rings is 1. The lowest BCUT2D eigenvalue weighted by atomic mass is 10.1. The molecule has 0 aliphatic rings. The van der Waals surface area contributed by atoms with Gasteiger partial charge >= 0.3 is 0 Å². The van der Waals surface area contributed by atoms with E-state index in [2.05, 4.69) is 20.2 Å². The van der Waals surface area contributed by atoms with Gasteiger partial charge < -0.3 is 9.30 Å². The van der Waals surface area contributed by atoms with E-state index in [1.165, 1.54) is 6.07 Å². The van der Waals surface area contributed by atoms with Gasteiger partial charge in [0.15, 0.2) is 15.5 Å². The summed E-state index contributed by atoms with van der Waals surface area (Å²) < 4.78 is 31.9. The van der Waals surface area contributed by atoms with E-state index < -0.39 is 9.84 Å². The SMILES string of the molecule is CCn1cnc2c(-c3ccnc(Oc4cccc(S(=O)(=O)CC)c4)c3)cnnc21. The molecule has 1 aromatic carbocycles. The maximum Gasteiger partial charge on any atom is 0.219 e. The van der Waals surface area contributed by atoms with Gasteiger partial charge in [0, 0.05) is 24.4 Å². The molecule has 0 bridgehead atoms. The van der Waals surface area contributed by atoms with Gasteiger partial charge in [-0.05, 0) is 36.8 Å². The van der Waals surface area contributed by atoms with E-state index in [1.807, 2.05) is 17.6 Å². The average Bonchev–Trinajstić information content (AvgIpc) is 3.17. The van der Waals surface area contributed by atoms with Crippen molar-refractivity contribution in [1.82, 2.24) is 24.7 Å². The second-order valence-corrected chi connectivity index (χ2v) is 8.60. The molecule has 0 radical (unpaired) electrons. The molecule has 148 valence electrons. The van der Waals surface area contributed by atoms with Gasteiger partial charge in [0.25, 0.3) is 0 Å². The quantitative estimate of drug-likeness (QED) is 0.480. The first-order valence-electron chi connectivity index (χ1n) is 9.15. The summed E-state index contributed by atoms with van der Waals surface area (Å²) in [6, 6.07) is 10.0. The van der Waals surface area contributed by atoms with Crippen LogP contribution in [-0.4, -0.2) is 38.9 Å². The Labute approximate surface area is 168 Å². The molecule has 0 atom stereocenters. The Hall–Kier alpha value is -3.33. The number of sulfone groups is 1. The number of aromatic nitrogens is 5. The van der Waals surface area contributed by atoms with Crippen molar-refractivity contribution in [1.29, 1.82) is 0 Å². The molecular formula is C20H19N5O3S. The minimum atomic E-state index is -3.31. The lowest BCUT2D eigenvalue weighted by molar-refractivity contribution is 0.461. The highest BCUT2D eigenvalue weighted by Crippen LogP contribution is 2.29. The van der Waals surface area contributed by atoms with Crippen molar-refractivity contribution in [2.75, 3.05) is 5.75 Å². The lowest BCUT2D eigenvalue weighted by Gasteiger charge is -2.09. The normalized spacial score (nSPS) is 11.7. The second kappa shape index (κ2) is 7.59. The number of hydrogen-bond donors (Lipinski definition) is 0. The minimum absolute atomic E-state index is 0.0274. The first-order valence-corrected chi connectivity index (χ1v) is 10.8. The van der Waals surface area contributed by atoms with Crippen LogP contribution in [0.25, 0.3) is 22.3 Å². The Bertz CT molecular complexity index is 1280. The number of nitrogens with zero attached hydrogens (tertiary/aromatic N) is 5. The Morgan fingerprint density at radius 3 is 2.76 bits per heavy atom. The van der Waals surface area contributed by atoms with Gasteiger partial charge in [0.2, 0.25) is 5.88 Å². The van der Waals surface area contributed by atoms with Crippen molar-refractivity contribution >= 4 is 21.0 Å². The highest BCUT2D eigenvalue weighted by atomic mass is 32.2. The molecule has 0 fully saturated rings. The van der Waals surface area contributed by atoms with Crippen LogP contribution in [0.3, 0.4) is 0 Å². The molecule has 0 N–H and O–H groups in total. The van der Waals surface area contributed by atoms with E-state index in [9.17, 15) is 8.42 Å². The molecule has 29 heavy (non-hydrogen) atoms. The smallest absolute Gasteiger partial charge is 0.219 e. The Kier molecular flexibility index (Phi) is 4.98. The number of benzene rings is 1. The number of fused-ring (bicyclic) bond motifs is 1. The maximum absolute atomic E-state index is 12.1. The average molecular weight is 409 g/mol. The molecule has 0 aliphatic heterocycles. The van der Waals surface area contributed by atoms with E-state index >= 15 is 0 Å². The zero-order valence-corrected chi connectivity index (χ0v) is 16.8. The zero-order chi connectivity index (χ0) is 20.4. The molecule has 4 rings (SSSR count). The van der Waals surface area contributed by atoms with Crippen LogP contribution in [0.1, 0.15) is 13.8 Å². The van der Waals surface area contributed by atoms with Crippen LogP contribution in [0.5, 0.6) is 11.6 Å². The fourth-order valence-electron chi connectivity index (χ4n) is 2.97. The molecule has 0 aliphatic carbocycles. The van der Waals surface area contributed by atoms with Gasteiger partial charge in [-0.3, -0.25) is 0 Å².